The topological polar surface area (TPSA) is 37.1 Å². The molecule has 0 N–H and O–H groups in total. The Labute approximate surface area is 75.0 Å². The molecule has 0 amide bonds. The van der Waals surface area contributed by atoms with Crippen molar-refractivity contribution >= 4 is 13.9 Å². The third-order valence-electron chi connectivity index (χ3n) is 1.82. The van der Waals surface area contributed by atoms with Crippen LogP contribution >= 0.6 is 0 Å². The molecule has 1 atom stereocenters. The highest BCUT2D eigenvalue weighted by atomic mass is 28.3. The molecule has 0 fully saturated rings. The Morgan fingerprint density at radius 2 is 1.83 bits per heavy atom. The molecule has 4 heteroatoms. The van der Waals surface area contributed by atoms with E-state index in [1.165, 1.54) is 0 Å². The molecule has 1 heterocycles. The van der Waals surface area contributed by atoms with Gasteiger partial charge in [0, 0.05) is 5.92 Å². The van der Waals surface area contributed by atoms with Gasteiger partial charge in [-0.1, -0.05) is 33.5 Å². The number of hydrogen-bond donors (Lipinski definition) is 0. The highest BCUT2D eigenvalue weighted by molar-refractivity contribution is 6.77. The van der Waals surface area contributed by atoms with Crippen LogP contribution in [0.2, 0.25) is 19.6 Å². The highest BCUT2D eigenvalue weighted by Gasteiger charge is 2.30. The van der Waals surface area contributed by atoms with Gasteiger partial charge in [0.1, 0.15) is 19.7 Å². The van der Waals surface area contributed by atoms with Crippen LogP contribution in [0, 0.1) is 5.92 Å². The highest BCUT2D eigenvalue weighted by Crippen LogP contribution is 2.20. The first-order chi connectivity index (χ1) is 5.41. The Hall–Kier alpha value is -0.513. The van der Waals surface area contributed by atoms with E-state index in [1.54, 1.807) is 0 Å². The Morgan fingerprint density at radius 1 is 1.25 bits per heavy atom. The average molecular weight is 183 g/mol. The predicted molar refractivity (Wildman–Crippen MR) is 54.3 cm³/mol. The maximum absolute atomic E-state index is 4.50. The molecule has 0 aliphatic carbocycles. The van der Waals surface area contributed by atoms with Gasteiger partial charge in [-0.2, -0.15) is 5.11 Å². The summed E-state index contributed by atoms with van der Waals surface area (Å²) in [7, 11) is -1.26. The molecule has 0 spiro atoms. The van der Waals surface area contributed by atoms with Gasteiger partial charge >= 0.3 is 0 Å². The fourth-order valence-corrected chi connectivity index (χ4v) is 1.85. The van der Waals surface area contributed by atoms with Crippen molar-refractivity contribution in [2.24, 2.45) is 21.1 Å². The first kappa shape index (κ1) is 9.57. The maximum Gasteiger partial charge on any atom is 0.150 e. The number of aliphatic imine (C=N–C) groups is 1. The lowest BCUT2D eigenvalue weighted by molar-refractivity contribution is 0.870. The van der Waals surface area contributed by atoms with Crippen molar-refractivity contribution in [1.82, 2.24) is 0 Å². The zero-order chi connectivity index (χ0) is 9.35. The first-order valence-electron chi connectivity index (χ1n) is 4.40. The fourth-order valence-electron chi connectivity index (χ4n) is 0.922. The SMILES string of the molecule is CC(C)C1=NC([Si](C)(C)C)N=N1. The number of hydrogen-bond acceptors (Lipinski definition) is 3. The zero-order valence-corrected chi connectivity index (χ0v) is 9.50. The number of nitrogens with zero attached hydrogens (tertiary/aromatic N) is 3. The van der Waals surface area contributed by atoms with Crippen LogP contribution < -0.4 is 0 Å². The van der Waals surface area contributed by atoms with E-state index in [-0.39, 0.29) is 5.79 Å². The van der Waals surface area contributed by atoms with Crippen LogP contribution in [0.1, 0.15) is 13.8 Å². The smallest absolute Gasteiger partial charge is 0.150 e. The monoisotopic (exact) mass is 183 g/mol. The predicted octanol–water partition coefficient (Wildman–Crippen LogP) is 2.71. The second-order valence-corrected chi connectivity index (χ2v) is 9.85. The van der Waals surface area contributed by atoms with E-state index in [1.807, 2.05) is 0 Å². The molecule has 12 heavy (non-hydrogen) atoms. The van der Waals surface area contributed by atoms with Gasteiger partial charge in [-0.3, -0.25) is 0 Å². The second kappa shape index (κ2) is 3.09. The van der Waals surface area contributed by atoms with Gasteiger partial charge in [0.2, 0.25) is 0 Å². The summed E-state index contributed by atoms with van der Waals surface area (Å²) >= 11 is 0. The summed E-state index contributed by atoms with van der Waals surface area (Å²) in [5, 5.41) is 8.29. The normalized spacial score (nSPS) is 23.5. The van der Waals surface area contributed by atoms with E-state index >= 15 is 0 Å². The molecule has 3 nitrogen and oxygen atoms in total. The minimum absolute atomic E-state index is 0.162. The molecule has 0 saturated heterocycles. The van der Waals surface area contributed by atoms with Gasteiger partial charge < -0.3 is 0 Å². The molecule has 0 radical (unpaired) electrons. The lowest BCUT2D eigenvalue weighted by Crippen LogP contribution is -2.34. The van der Waals surface area contributed by atoms with Gasteiger partial charge in [-0.05, 0) is 0 Å². The summed E-state index contributed by atoms with van der Waals surface area (Å²) in [6, 6.07) is 0. The Morgan fingerprint density at radius 3 is 2.08 bits per heavy atom. The molecule has 1 aliphatic heterocycles. The lowest BCUT2D eigenvalue weighted by Gasteiger charge is -2.17. The summed E-state index contributed by atoms with van der Waals surface area (Å²) in [6.45, 7) is 11.0. The van der Waals surface area contributed by atoms with Crippen LogP contribution in [0.25, 0.3) is 0 Å². The molecule has 1 rings (SSSR count). The van der Waals surface area contributed by atoms with Gasteiger partial charge in [-0.25, -0.2) is 4.99 Å². The minimum atomic E-state index is -1.26. The average Bonchev–Trinajstić information content (AvgIpc) is 2.30. The Balaban J connectivity index is 2.74. The van der Waals surface area contributed by atoms with Crippen molar-refractivity contribution in [3.05, 3.63) is 0 Å². The van der Waals surface area contributed by atoms with Crippen LogP contribution in [0.15, 0.2) is 15.2 Å². The van der Waals surface area contributed by atoms with Crippen molar-refractivity contribution < 1.29 is 0 Å². The number of rotatable bonds is 2. The summed E-state index contributed by atoms with van der Waals surface area (Å²) in [4.78, 5) is 4.50. The Kier molecular flexibility index (Phi) is 2.46. The van der Waals surface area contributed by atoms with E-state index in [2.05, 4.69) is 48.7 Å². The molecular weight excluding hydrogens is 166 g/mol. The maximum atomic E-state index is 4.50. The van der Waals surface area contributed by atoms with Crippen molar-refractivity contribution in [1.29, 1.82) is 0 Å². The molecule has 68 valence electrons. The summed E-state index contributed by atoms with van der Waals surface area (Å²) in [5.74, 6) is 1.49. The van der Waals surface area contributed by atoms with Gasteiger partial charge in [0.25, 0.3) is 0 Å². The standard InChI is InChI=1S/C8H17N3Si/c1-6(2)7-9-8(11-10-7)12(3,4)5/h6,8H,1-5H3. The van der Waals surface area contributed by atoms with E-state index in [4.69, 9.17) is 0 Å². The van der Waals surface area contributed by atoms with Crippen molar-refractivity contribution in [2.45, 2.75) is 39.3 Å². The largest absolute Gasteiger partial charge is 0.244 e. The van der Waals surface area contributed by atoms with Crippen molar-refractivity contribution in [2.75, 3.05) is 0 Å². The third kappa shape index (κ3) is 2.00. The van der Waals surface area contributed by atoms with Crippen LogP contribution in [0.4, 0.5) is 0 Å². The van der Waals surface area contributed by atoms with Crippen molar-refractivity contribution in [3.8, 4) is 0 Å². The summed E-state index contributed by atoms with van der Waals surface area (Å²) in [5.41, 5.74) is 0. The number of azo groups is 1. The third-order valence-corrected chi connectivity index (χ3v) is 3.61. The summed E-state index contributed by atoms with van der Waals surface area (Å²) < 4.78 is 0. The molecule has 0 bridgehead atoms. The molecule has 0 aromatic heterocycles. The van der Waals surface area contributed by atoms with E-state index in [0.29, 0.717) is 5.92 Å². The van der Waals surface area contributed by atoms with Crippen LogP contribution in [0.5, 0.6) is 0 Å². The molecule has 0 saturated carbocycles. The van der Waals surface area contributed by atoms with Crippen LogP contribution in [0.3, 0.4) is 0 Å². The first-order valence-corrected chi connectivity index (χ1v) is 7.97. The minimum Gasteiger partial charge on any atom is -0.244 e. The van der Waals surface area contributed by atoms with Crippen LogP contribution in [-0.2, 0) is 0 Å². The van der Waals surface area contributed by atoms with Crippen molar-refractivity contribution in [3.63, 3.8) is 0 Å². The molecular formula is C8H17N3Si. The van der Waals surface area contributed by atoms with E-state index in [0.717, 1.165) is 5.84 Å². The number of amidine groups is 1. The molecule has 1 aliphatic rings. The molecule has 1 unspecified atom stereocenters. The van der Waals surface area contributed by atoms with E-state index in [9.17, 15) is 0 Å². The van der Waals surface area contributed by atoms with E-state index < -0.39 is 8.07 Å². The fraction of sp³-hybridized carbons (Fsp3) is 0.875. The second-order valence-electron chi connectivity index (χ2n) is 4.60. The molecule has 0 aromatic carbocycles. The van der Waals surface area contributed by atoms with Crippen LogP contribution in [-0.4, -0.2) is 19.7 Å². The summed E-state index contributed by atoms with van der Waals surface area (Å²) in [6.07, 6.45) is 0. The lowest BCUT2D eigenvalue weighted by atomic mass is 10.2. The quantitative estimate of drug-likeness (QED) is 0.590. The van der Waals surface area contributed by atoms with Gasteiger partial charge in [0.15, 0.2) is 0 Å². The zero-order valence-electron chi connectivity index (χ0n) is 8.50. The molecule has 0 aromatic rings. The van der Waals surface area contributed by atoms with Gasteiger partial charge in [0.05, 0.1) is 0 Å². The van der Waals surface area contributed by atoms with Gasteiger partial charge in [-0.15, -0.1) is 5.11 Å². The Bertz CT molecular complexity index is 225.